The minimum Gasteiger partial charge on any atom is -0.349 e. The maximum absolute atomic E-state index is 12.5. The van der Waals surface area contributed by atoms with Crippen LogP contribution in [0.2, 0.25) is 0 Å². The van der Waals surface area contributed by atoms with E-state index in [1.165, 1.54) is 11.1 Å². The number of nitrogens with one attached hydrogen (secondary N) is 1. The third-order valence-corrected chi connectivity index (χ3v) is 4.62. The lowest BCUT2D eigenvalue weighted by atomic mass is 10.1. The zero-order valence-electron chi connectivity index (χ0n) is 13.3. The Balaban J connectivity index is 1.61. The van der Waals surface area contributed by atoms with Crippen molar-refractivity contribution >= 4 is 11.8 Å². The van der Waals surface area contributed by atoms with Crippen LogP contribution in [0.3, 0.4) is 0 Å². The SMILES string of the molecule is CC(C)CN1C[C@@H](C(=O)N[C@H]2CCc3ccccc32)CC1=O. The van der Waals surface area contributed by atoms with Gasteiger partial charge in [-0.15, -0.1) is 0 Å². The highest BCUT2D eigenvalue weighted by atomic mass is 16.2. The number of amides is 2. The zero-order valence-corrected chi connectivity index (χ0v) is 13.3. The molecule has 0 aromatic heterocycles. The number of aryl methyl sites for hydroxylation is 1. The van der Waals surface area contributed by atoms with Crippen LogP contribution in [0.1, 0.15) is 43.9 Å². The number of rotatable bonds is 4. The Morgan fingerprint density at radius 1 is 1.36 bits per heavy atom. The molecule has 1 aliphatic heterocycles. The van der Waals surface area contributed by atoms with Crippen LogP contribution in [-0.4, -0.2) is 29.8 Å². The Kier molecular flexibility index (Phi) is 4.19. The maximum atomic E-state index is 12.5. The van der Waals surface area contributed by atoms with Crippen LogP contribution in [0.15, 0.2) is 24.3 Å². The van der Waals surface area contributed by atoms with Crippen LogP contribution in [-0.2, 0) is 16.0 Å². The molecule has 22 heavy (non-hydrogen) atoms. The highest BCUT2D eigenvalue weighted by Crippen LogP contribution is 2.31. The summed E-state index contributed by atoms with van der Waals surface area (Å²) in [5.41, 5.74) is 2.57. The fourth-order valence-electron chi connectivity index (χ4n) is 3.56. The predicted molar refractivity (Wildman–Crippen MR) is 85.2 cm³/mol. The first-order valence-electron chi connectivity index (χ1n) is 8.20. The third-order valence-electron chi connectivity index (χ3n) is 4.62. The fraction of sp³-hybridized carbons (Fsp3) is 0.556. The summed E-state index contributed by atoms with van der Waals surface area (Å²) < 4.78 is 0. The maximum Gasteiger partial charge on any atom is 0.225 e. The first-order chi connectivity index (χ1) is 10.5. The molecule has 1 saturated heterocycles. The van der Waals surface area contributed by atoms with E-state index in [1.54, 1.807) is 0 Å². The van der Waals surface area contributed by atoms with Gasteiger partial charge in [0.1, 0.15) is 0 Å². The number of carbonyl (C=O) groups excluding carboxylic acids is 2. The molecule has 2 aliphatic rings. The van der Waals surface area contributed by atoms with Gasteiger partial charge in [0, 0.05) is 19.5 Å². The summed E-state index contributed by atoms with van der Waals surface area (Å²) in [6.07, 6.45) is 2.33. The lowest BCUT2D eigenvalue weighted by Gasteiger charge is -2.20. The zero-order chi connectivity index (χ0) is 15.7. The van der Waals surface area contributed by atoms with Crippen LogP contribution in [0.4, 0.5) is 0 Å². The van der Waals surface area contributed by atoms with E-state index in [-0.39, 0.29) is 23.8 Å². The molecule has 0 bridgehead atoms. The summed E-state index contributed by atoms with van der Waals surface area (Å²) in [5, 5.41) is 3.15. The number of nitrogens with zero attached hydrogens (tertiary/aromatic N) is 1. The van der Waals surface area contributed by atoms with E-state index in [0.717, 1.165) is 19.4 Å². The molecule has 1 heterocycles. The molecular formula is C18H24N2O2. The minimum atomic E-state index is -0.195. The van der Waals surface area contributed by atoms with Gasteiger partial charge in [-0.2, -0.15) is 0 Å². The van der Waals surface area contributed by atoms with Crippen molar-refractivity contribution in [2.75, 3.05) is 13.1 Å². The molecule has 2 amide bonds. The minimum absolute atomic E-state index is 0.0290. The Morgan fingerprint density at radius 2 is 2.14 bits per heavy atom. The van der Waals surface area contributed by atoms with Crippen molar-refractivity contribution in [2.24, 2.45) is 11.8 Å². The summed E-state index contributed by atoms with van der Waals surface area (Å²) in [6.45, 7) is 5.50. The highest BCUT2D eigenvalue weighted by Gasteiger charge is 2.35. The van der Waals surface area contributed by atoms with Gasteiger partial charge < -0.3 is 10.2 Å². The predicted octanol–water partition coefficient (Wildman–Crippen LogP) is 2.29. The van der Waals surface area contributed by atoms with E-state index in [0.29, 0.717) is 18.9 Å². The number of hydrogen-bond acceptors (Lipinski definition) is 2. The van der Waals surface area contributed by atoms with Gasteiger partial charge in [-0.25, -0.2) is 0 Å². The molecule has 1 aromatic rings. The van der Waals surface area contributed by atoms with Crippen molar-refractivity contribution in [1.82, 2.24) is 10.2 Å². The monoisotopic (exact) mass is 300 g/mol. The van der Waals surface area contributed by atoms with Gasteiger partial charge in [-0.1, -0.05) is 38.1 Å². The highest BCUT2D eigenvalue weighted by molar-refractivity contribution is 5.89. The standard InChI is InChI=1S/C18H24N2O2/c1-12(2)10-20-11-14(9-17(20)21)18(22)19-16-8-7-13-5-3-4-6-15(13)16/h3-6,12,14,16H,7-11H2,1-2H3,(H,19,22)/t14-,16-/m0/s1. The van der Waals surface area contributed by atoms with E-state index in [9.17, 15) is 9.59 Å². The van der Waals surface area contributed by atoms with E-state index in [1.807, 2.05) is 17.0 Å². The number of likely N-dealkylation sites (tertiary alicyclic amines) is 1. The van der Waals surface area contributed by atoms with Gasteiger partial charge in [0.2, 0.25) is 11.8 Å². The normalized spacial score (nSPS) is 24.0. The molecule has 0 radical (unpaired) electrons. The first-order valence-corrected chi connectivity index (χ1v) is 8.20. The van der Waals surface area contributed by atoms with Crippen LogP contribution < -0.4 is 5.32 Å². The van der Waals surface area contributed by atoms with Crippen LogP contribution in [0.25, 0.3) is 0 Å². The van der Waals surface area contributed by atoms with Crippen molar-refractivity contribution < 1.29 is 9.59 Å². The molecule has 1 aliphatic carbocycles. The van der Waals surface area contributed by atoms with Crippen molar-refractivity contribution in [3.63, 3.8) is 0 Å². The van der Waals surface area contributed by atoms with Crippen LogP contribution >= 0.6 is 0 Å². The Bertz CT molecular complexity index is 582. The Morgan fingerprint density at radius 3 is 2.91 bits per heavy atom. The molecule has 3 rings (SSSR count). The molecule has 1 aromatic carbocycles. The lowest BCUT2D eigenvalue weighted by Crippen LogP contribution is -2.35. The van der Waals surface area contributed by atoms with Crippen molar-refractivity contribution in [3.05, 3.63) is 35.4 Å². The first kappa shape index (κ1) is 15.1. The summed E-state index contributed by atoms with van der Waals surface area (Å²) in [4.78, 5) is 26.3. The van der Waals surface area contributed by atoms with E-state index >= 15 is 0 Å². The molecule has 1 N–H and O–H groups in total. The molecule has 0 unspecified atom stereocenters. The third kappa shape index (κ3) is 3.01. The van der Waals surface area contributed by atoms with Gasteiger partial charge in [-0.3, -0.25) is 9.59 Å². The quantitative estimate of drug-likeness (QED) is 0.927. The average Bonchev–Trinajstić information content (AvgIpc) is 3.04. The molecular weight excluding hydrogens is 276 g/mol. The molecule has 0 spiro atoms. The van der Waals surface area contributed by atoms with Gasteiger partial charge in [0.05, 0.1) is 12.0 Å². The molecule has 2 atom stereocenters. The molecule has 0 saturated carbocycles. The smallest absolute Gasteiger partial charge is 0.225 e. The molecule has 118 valence electrons. The van der Waals surface area contributed by atoms with Gasteiger partial charge in [0.25, 0.3) is 0 Å². The van der Waals surface area contributed by atoms with E-state index in [4.69, 9.17) is 0 Å². The number of carbonyl (C=O) groups is 2. The van der Waals surface area contributed by atoms with Crippen LogP contribution in [0, 0.1) is 11.8 Å². The van der Waals surface area contributed by atoms with Crippen LogP contribution in [0.5, 0.6) is 0 Å². The largest absolute Gasteiger partial charge is 0.349 e. The second-order valence-electron chi connectivity index (χ2n) is 6.89. The summed E-state index contributed by atoms with van der Waals surface area (Å²) >= 11 is 0. The number of benzene rings is 1. The Hall–Kier alpha value is -1.84. The summed E-state index contributed by atoms with van der Waals surface area (Å²) in [5.74, 6) is 0.383. The molecule has 1 fully saturated rings. The number of hydrogen-bond donors (Lipinski definition) is 1. The second-order valence-corrected chi connectivity index (χ2v) is 6.89. The summed E-state index contributed by atoms with van der Waals surface area (Å²) in [6, 6.07) is 8.40. The topological polar surface area (TPSA) is 49.4 Å². The van der Waals surface area contributed by atoms with Gasteiger partial charge in [-0.05, 0) is 29.9 Å². The molecule has 4 heteroatoms. The molecule has 4 nitrogen and oxygen atoms in total. The van der Waals surface area contributed by atoms with Crippen molar-refractivity contribution in [3.8, 4) is 0 Å². The number of fused-ring (bicyclic) bond motifs is 1. The summed E-state index contributed by atoms with van der Waals surface area (Å²) in [7, 11) is 0. The second kappa shape index (κ2) is 6.11. The van der Waals surface area contributed by atoms with E-state index < -0.39 is 0 Å². The average molecular weight is 300 g/mol. The van der Waals surface area contributed by atoms with Gasteiger partial charge >= 0.3 is 0 Å². The Labute approximate surface area is 131 Å². The lowest BCUT2D eigenvalue weighted by molar-refractivity contribution is -0.129. The van der Waals surface area contributed by atoms with Crippen molar-refractivity contribution in [1.29, 1.82) is 0 Å². The van der Waals surface area contributed by atoms with Gasteiger partial charge in [0.15, 0.2) is 0 Å². The fourth-order valence-corrected chi connectivity index (χ4v) is 3.56. The van der Waals surface area contributed by atoms with Crippen molar-refractivity contribution in [2.45, 2.75) is 39.2 Å². The van der Waals surface area contributed by atoms with E-state index in [2.05, 4.69) is 31.3 Å².